The molecule has 1 aromatic heterocycles. The fourth-order valence-electron chi connectivity index (χ4n) is 1.52. The zero-order chi connectivity index (χ0) is 13.0. The molecule has 5 heteroatoms. The summed E-state index contributed by atoms with van der Waals surface area (Å²) in [5.41, 5.74) is 0.864. The Morgan fingerprint density at radius 3 is 2.89 bits per heavy atom. The van der Waals surface area contributed by atoms with Crippen molar-refractivity contribution in [2.75, 3.05) is 10.6 Å². The molecule has 4 nitrogen and oxygen atoms in total. The van der Waals surface area contributed by atoms with E-state index in [-0.39, 0.29) is 11.6 Å². The average Bonchev–Trinajstić information content (AvgIpc) is 2.82. The highest BCUT2D eigenvalue weighted by atomic mass is 19.1. The minimum Gasteiger partial charge on any atom is -0.467 e. The van der Waals surface area contributed by atoms with Crippen LogP contribution in [0.3, 0.4) is 0 Å². The first-order valence-electron chi connectivity index (χ1n) is 5.48. The molecule has 0 radical (unpaired) electrons. The number of benzene rings is 1. The fraction of sp³-hybridized carbons (Fsp3) is 0.154. The molecule has 18 heavy (non-hydrogen) atoms. The zero-order valence-electron chi connectivity index (χ0n) is 9.87. The molecule has 94 valence electrons. The Kier molecular flexibility index (Phi) is 3.62. The standard InChI is InChI=1S/C13H13FN2O2/c1-9(17)16-13-7-10(4-5-12(13)14)15-8-11-3-2-6-18-11/h2-7,15H,8H2,1H3,(H,16,17). The van der Waals surface area contributed by atoms with Crippen molar-refractivity contribution >= 4 is 17.3 Å². The van der Waals surface area contributed by atoms with E-state index in [9.17, 15) is 9.18 Å². The first-order chi connectivity index (χ1) is 8.65. The Morgan fingerprint density at radius 1 is 1.39 bits per heavy atom. The topological polar surface area (TPSA) is 54.3 Å². The number of hydrogen-bond acceptors (Lipinski definition) is 3. The number of carbonyl (C=O) groups excluding carboxylic acids is 1. The number of halogens is 1. The van der Waals surface area contributed by atoms with Gasteiger partial charge in [-0.25, -0.2) is 4.39 Å². The summed E-state index contributed by atoms with van der Waals surface area (Å²) in [5, 5.41) is 5.51. The number of hydrogen-bond donors (Lipinski definition) is 2. The average molecular weight is 248 g/mol. The maximum Gasteiger partial charge on any atom is 0.221 e. The Balaban J connectivity index is 2.06. The molecule has 2 aromatic rings. The molecule has 2 rings (SSSR count). The van der Waals surface area contributed by atoms with Crippen molar-refractivity contribution in [2.24, 2.45) is 0 Å². The van der Waals surface area contributed by atoms with E-state index >= 15 is 0 Å². The van der Waals surface area contributed by atoms with Gasteiger partial charge in [-0.2, -0.15) is 0 Å². The maximum atomic E-state index is 13.4. The van der Waals surface area contributed by atoms with Gasteiger partial charge in [0.2, 0.25) is 5.91 Å². The zero-order valence-corrected chi connectivity index (χ0v) is 9.87. The third kappa shape index (κ3) is 3.10. The Labute approximate surface area is 104 Å². The maximum absolute atomic E-state index is 13.4. The van der Waals surface area contributed by atoms with Crippen LogP contribution in [-0.2, 0) is 11.3 Å². The van der Waals surface area contributed by atoms with Crippen LogP contribution in [0.25, 0.3) is 0 Å². The van der Waals surface area contributed by atoms with Crippen molar-refractivity contribution in [3.8, 4) is 0 Å². The van der Waals surface area contributed by atoms with E-state index in [2.05, 4.69) is 10.6 Å². The minimum atomic E-state index is -0.464. The molecule has 0 saturated heterocycles. The van der Waals surface area contributed by atoms with Gasteiger partial charge < -0.3 is 15.1 Å². The van der Waals surface area contributed by atoms with Gasteiger partial charge in [0.25, 0.3) is 0 Å². The molecule has 0 saturated carbocycles. The lowest BCUT2D eigenvalue weighted by Gasteiger charge is -2.08. The van der Waals surface area contributed by atoms with E-state index in [1.54, 1.807) is 24.5 Å². The van der Waals surface area contributed by atoms with Gasteiger partial charge in [0, 0.05) is 12.6 Å². The van der Waals surface area contributed by atoms with Crippen LogP contribution in [0.5, 0.6) is 0 Å². The second kappa shape index (κ2) is 5.35. The number of rotatable bonds is 4. The smallest absolute Gasteiger partial charge is 0.221 e. The molecular weight excluding hydrogens is 235 g/mol. The van der Waals surface area contributed by atoms with Gasteiger partial charge in [-0.15, -0.1) is 0 Å². The fourth-order valence-corrected chi connectivity index (χ4v) is 1.52. The van der Waals surface area contributed by atoms with Gasteiger partial charge >= 0.3 is 0 Å². The van der Waals surface area contributed by atoms with Gasteiger partial charge in [0.05, 0.1) is 18.5 Å². The van der Waals surface area contributed by atoms with Crippen LogP contribution in [-0.4, -0.2) is 5.91 Å². The van der Waals surface area contributed by atoms with E-state index in [1.165, 1.54) is 13.0 Å². The first-order valence-corrected chi connectivity index (χ1v) is 5.48. The highest BCUT2D eigenvalue weighted by Gasteiger charge is 2.05. The van der Waals surface area contributed by atoms with E-state index in [4.69, 9.17) is 4.42 Å². The molecule has 2 N–H and O–H groups in total. The lowest BCUT2D eigenvalue weighted by atomic mass is 10.2. The lowest BCUT2D eigenvalue weighted by molar-refractivity contribution is -0.114. The van der Waals surface area contributed by atoms with Crippen LogP contribution in [0.1, 0.15) is 12.7 Å². The van der Waals surface area contributed by atoms with Crippen molar-refractivity contribution < 1.29 is 13.6 Å². The van der Waals surface area contributed by atoms with Crippen molar-refractivity contribution in [1.82, 2.24) is 0 Å². The summed E-state index contributed by atoms with van der Waals surface area (Å²) in [6.07, 6.45) is 1.59. The molecule has 1 amide bonds. The molecule has 0 aliphatic heterocycles. The van der Waals surface area contributed by atoms with Crippen molar-refractivity contribution in [3.05, 3.63) is 48.2 Å². The van der Waals surface area contributed by atoms with Crippen molar-refractivity contribution in [1.29, 1.82) is 0 Å². The van der Waals surface area contributed by atoms with E-state index in [0.29, 0.717) is 12.2 Å². The van der Waals surface area contributed by atoms with Crippen LogP contribution in [0, 0.1) is 5.82 Å². The molecule has 1 aromatic carbocycles. The normalized spacial score (nSPS) is 10.1. The number of carbonyl (C=O) groups is 1. The van der Waals surface area contributed by atoms with E-state index in [0.717, 1.165) is 5.76 Å². The van der Waals surface area contributed by atoms with Gasteiger partial charge in [-0.05, 0) is 30.3 Å². The number of furan rings is 1. The van der Waals surface area contributed by atoms with Gasteiger partial charge in [-0.1, -0.05) is 0 Å². The molecule has 1 heterocycles. The minimum absolute atomic E-state index is 0.159. The Bertz CT molecular complexity index is 538. The highest BCUT2D eigenvalue weighted by molar-refractivity contribution is 5.89. The molecule has 0 aliphatic carbocycles. The SMILES string of the molecule is CC(=O)Nc1cc(NCc2ccco2)ccc1F. The summed E-state index contributed by atoms with van der Waals surface area (Å²) >= 11 is 0. The van der Waals surface area contributed by atoms with Crippen LogP contribution in [0.15, 0.2) is 41.0 Å². The summed E-state index contributed by atoms with van der Waals surface area (Å²) in [5.74, 6) is 0.00577. The summed E-state index contributed by atoms with van der Waals surface area (Å²) in [6.45, 7) is 1.83. The predicted molar refractivity (Wildman–Crippen MR) is 66.7 cm³/mol. The molecule has 0 spiro atoms. The monoisotopic (exact) mass is 248 g/mol. The Morgan fingerprint density at radius 2 is 2.22 bits per heavy atom. The summed E-state index contributed by atoms with van der Waals surface area (Å²) in [4.78, 5) is 10.9. The quantitative estimate of drug-likeness (QED) is 0.874. The van der Waals surface area contributed by atoms with Gasteiger partial charge in [-0.3, -0.25) is 4.79 Å². The second-order valence-electron chi connectivity index (χ2n) is 3.81. The van der Waals surface area contributed by atoms with E-state index < -0.39 is 5.82 Å². The first kappa shape index (κ1) is 12.2. The summed E-state index contributed by atoms with van der Waals surface area (Å²) in [7, 11) is 0. The second-order valence-corrected chi connectivity index (χ2v) is 3.81. The third-order valence-electron chi connectivity index (χ3n) is 2.32. The third-order valence-corrected chi connectivity index (χ3v) is 2.32. The van der Waals surface area contributed by atoms with Crippen LogP contribution < -0.4 is 10.6 Å². The largest absolute Gasteiger partial charge is 0.467 e. The summed E-state index contributed by atoms with van der Waals surface area (Å²) in [6, 6.07) is 8.08. The molecule has 0 atom stereocenters. The van der Waals surface area contributed by atoms with Crippen molar-refractivity contribution in [2.45, 2.75) is 13.5 Å². The molecular formula is C13H13FN2O2. The predicted octanol–water partition coefficient (Wildman–Crippen LogP) is 2.99. The molecule has 0 unspecified atom stereocenters. The number of nitrogens with one attached hydrogen (secondary N) is 2. The molecule has 0 fully saturated rings. The van der Waals surface area contributed by atoms with Crippen molar-refractivity contribution in [3.63, 3.8) is 0 Å². The summed E-state index contributed by atoms with van der Waals surface area (Å²) < 4.78 is 18.6. The van der Waals surface area contributed by atoms with E-state index in [1.807, 2.05) is 6.07 Å². The molecule has 0 bridgehead atoms. The van der Waals surface area contributed by atoms with Gasteiger partial charge in [0.1, 0.15) is 11.6 Å². The van der Waals surface area contributed by atoms with Gasteiger partial charge in [0.15, 0.2) is 0 Å². The lowest BCUT2D eigenvalue weighted by Crippen LogP contribution is -2.08. The van der Waals surface area contributed by atoms with Crippen LogP contribution in [0.2, 0.25) is 0 Å². The number of anilines is 2. The number of amides is 1. The van der Waals surface area contributed by atoms with Crippen LogP contribution >= 0.6 is 0 Å². The highest BCUT2D eigenvalue weighted by Crippen LogP contribution is 2.20. The molecule has 0 aliphatic rings. The van der Waals surface area contributed by atoms with Crippen LogP contribution in [0.4, 0.5) is 15.8 Å². The Hall–Kier alpha value is -2.30.